The van der Waals surface area contributed by atoms with E-state index in [2.05, 4.69) is 25.8 Å². The van der Waals surface area contributed by atoms with Gasteiger partial charge in [-0.1, -0.05) is 0 Å². The molecule has 9 heteroatoms. The van der Waals surface area contributed by atoms with Crippen LogP contribution in [0.4, 0.5) is 0 Å². The molecule has 3 N–H and O–H groups in total. The summed E-state index contributed by atoms with van der Waals surface area (Å²) < 4.78 is 29.3. The summed E-state index contributed by atoms with van der Waals surface area (Å²) in [6.45, 7) is 2.37. The molecule has 0 saturated carbocycles. The summed E-state index contributed by atoms with van der Waals surface area (Å²) in [4.78, 5) is 1.04. The van der Waals surface area contributed by atoms with Gasteiger partial charge in [-0.25, -0.2) is 13.1 Å². The topological polar surface area (TPSA) is 90.0 Å². The van der Waals surface area contributed by atoms with E-state index in [4.69, 9.17) is 5.73 Å². The average Bonchev–Trinajstić information content (AvgIpc) is 2.90. The standard InChI is InChI=1S/C11H15BrN4O2S2/c1-7-8(6-16(2)15-7)5-14-20(17,18)10-3-9(4-13)19-11(10)12/h3,6,14H,4-5,13H2,1-2H3. The Kier molecular flexibility index (Phi) is 4.65. The molecular formula is C11H15BrN4O2S2. The minimum atomic E-state index is -3.56. The van der Waals surface area contributed by atoms with Gasteiger partial charge >= 0.3 is 0 Å². The number of hydrogen-bond donors (Lipinski definition) is 2. The first-order valence-corrected chi connectivity index (χ1v) is 8.90. The van der Waals surface area contributed by atoms with Gasteiger partial charge in [-0.15, -0.1) is 11.3 Å². The molecule has 0 aromatic carbocycles. The normalized spacial score (nSPS) is 12.0. The molecule has 0 aliphatic carbocycles. The number of nitrogens with two attached hydrogens (primary N) is 1. The third-order valence-electron chi connectivity index (χ3n) is 2.76. The molecule has 0 aliphatic rings. The van der Waals surface area contributed by atoms with E-state index in [9.17, 15) is 8.42 Å². The van der Waals surface area contributed by atoms with Crippen molar-refractivity contribution in [1.29, 1.82) is 0 Å². The van der Waals surface area contributed by atoms with Crippen molar-refractivity contribution in [3.05, 3.63) is 32.2 Å². The van der Waals surface area contributed by atoms with Crippen LogP contribution in [0.15, 0.2) is 20.9 Å². The number of aromatic nitrogens is 2. The van der Waals surface area contributed by atoms with Gasteiger partial charge in [0, 0.05) is 36.8 Å². The van der Waals surface area contributed by atoms with E-state index in [0.717, 1.165) is 16.1 Å². The van der Waals surface area contributed by atoms with Gasteiger partial charge in [-0.05, 0) is 28.9 Å². The van der Waals surface area contributed by atoms with Crippen LogP contribution in [-0.2, 0) is 30.2 Å². The number of rotatable bonds is 5. The highest BCUT2D eigenvalue weighted by molar-refractivity contribution is 9.11. The fourth-order valence-corrected chi connectivity index (χ4v) is 5.32. The first-order chi connectivity index (χ1) is 9.33. The van der Waals surface area contributed by atoms with Crippen LogP contribution >= 0.6 is 27.3 Å². The number of halogens is 1. The van der Waals surface area contributed by atoms with Crippen molar-refractivity contribution >= 4 is 37.3 Å². The zero-order valence-corrected chi connectivity index (χ0v) is 14.3. The monoisotopic (exact) mass is 378 g/mol. The molecule has 0 atom stereocenters. The van der Waals surface area contributed by atoms with Gasteiger partial charge in [-0.3, -0.25) is 4.68 Å². The van der Waals surface area contributed by atoms with Crippen molar-refractivity contribution < 1.29 is 8.42 Å². The Labute approximate surface area is 130 Å². The predicted molar refractivity (Wildman–Crippen MR) is 81.9 cm³/mol. The van der Waals surface area contributed by atoms with Crippen molar-refractivity contribution in [3.63, 3.8) is 0 Å². The zero-order chi connectivity index (χ0) is 14.9. The Balaban J connectivity index is 2.19. The molecule has 2 aromatic rings. The summed E-state index contributed by atoms with van der Waals surface area (Å²) in [6, 6.07) is 1.59. The molecule has 2 heterocycles. The van der Waals surface area contributed by atoms with Gasteiger partial charge in [0.2, 0.25) is 10.0 Å². The van der Waals surface area contributed by atoms with Crippen LogP contribution in [0.2, 0.25) is 0 Å². The van der Waals surface area contributed by atoms with Crippen LogP contribution in [0.3, 0.4) is 0 Å². The molecule has 20 heavy (non-hydrogen) atoms. The van der Waals surface area contributed by atoms with Crippen molar-refractivity contribution in [1.82, 2.24) is 14.5 Å². The quantitative estimate of drug-likeness (QED) is 0.824. The molecular weight excluding hydrogens is 364 g/mol. The van der Waals surface area contributed by atoms with Gasteiger partial charge < -0.3 is 5.73 Å². The second-order valence-electron chi connectivity index (χ2n) is 4.29. The highest BCUT2D eigenvalue weighted by Gasteiger charge is 2.21. The lowest BCUT2D eigenvalue weighted by Crippen LogP contribution is -2.23. The van der Waals surface area contributed by atoms with E-state index in [1.54, 1.807) is 24.0 Å². The largest absolute Gasteiger partial charge is 0.326 e. The summed E-state index contributed by atoms with van der Waals surface area (Å²) in [5.74, 6) is 0. The molecule has 2 aromatic heterocycles. The lowest BCUT2D eigenvalue weighted by molar-refractivity contribution is 0.581. The lowest BCUT2D eigenvalue weighted by Gasteiger charge is -2.04. The van der Waals surface area contributed by atoms with Crippen LogP contribution in [0.25, 0.3) is 0 Å². The molecule has 0 aliphatic heterocycles. The number of hydrogen-bond acceptors (Lipinski definition) is 5. The summed E-state index contributed by atoms with van der Waals surface area (Å²) in [7, 11) is -1.77. The van der Waals surface area contributed by atoms with E-state index >= 15 is 0 Å². The van der Waals surface area contributed by atoms with E-state index in [-0.39, 0.29) is 11.4 Å². The Morgan fingerprint density at radius 3 is 2.75 bits per heavy atom. The van der Waals surface area contributed by atoms with Crippen LogP contribution in [0, 0.1) is 6.92 Å². The summed E-state index contributed by atoms with van der Waals surface area (Å²) in [5.41, 5.74) is 7.18. The number of sulfonamides is 1. The van der Waals surface area contributed by atoms with Gasteiger partial charge in [0.1, 0.15) is 4.90 Å². The summed E-state index contributed by atoms with van der Waals surface area (Å²) in [6.07, 6.45) is 1.80. The molecule has 0 unspecified atom stereocenters. The number of thiophene rings is 1. The van der Waals surface area contributed by atoms with Crippen molar-refractivity contribution in [2.75, 3.05) is 0 Å². The summed E-state index contributed by atoms with van der Waals surface area (Å²) in [5, 5.41) is 4.18. The van der Waals surface area contributed by atoms with E-state index in [0.29, 0.717) is 10.3 Å². The Morgan fingerprint density at radius 1 is 1.55 bits per heavy atom. The number of nitrogens with zero attached hydrogens (tertiary/aromatic N) is 2. The highest BCUT2D eigenvalue weighted by atomic mass is 79.9. The minimum absolute atomic E-state index is 0.211. The second kappa shape index (κ2) is 5.94. The fraction of sp³-hybridized carbons (Fsp3) is 0.364. The first kappa shape index (κ1) is 15.6. The van der Waals surface area contributed by atoms with E-state index in [1.165, 1.54) is 11.3 Å². The maximum Gasteiger partial charge on any atom is 0.242 e. The van der Waals surface area contributed by atoms with Gasteiger partial charge in [-0.2, -0.15) is 5.10 Å². The smallest absolute Gasteiger partial charge is 0.242 e. The van der Waals surface area contributed by atoms with E-state index in [1.807, 2.05) is 6.92 Å². The number of aryl methyl sites for hydroxylation is 2. The SMILES string of the molecule is Cc1nn(C)cc1CNS(=O)(=O)c1cc(CN)sc1Br. The fourth-order valence-electron chi connectivity index (χ4n) is 1.75. The molecule has 0 amide bonds. The minimum Gasteiger partial charge on any atom is -0.326 e. The molecule has 6 nitrogen and oxygen atoms in total. The third kappa shape index (κ3) is 3.29. The Morgan fingerprint density at radius 2 is 2.25 bits per heavy atom. The molecule has 110 valence electrons. The summed E-state index contributed by atoms with van der Waals surface area (Å²) >= 11 is 4.59. The Bertz CT molecular complexity index is 721. The van der Waals surface area contributed by atoms with Gasteiger partial charge in [0.15, 0.2) is 0 Å². The average molecular weight is 379 g/mol. The maximum absolute atomic E-state index is 12.3. The third-order valence-corrected chi connectivity index (χ3v) is 6.44. The molecule has 0 bridgehead atoms. The highest BCUT2D eigenvalue weighted by Crippen LogP contribution is 2.31. The molecule has 2 rings (SSSR count). The van der Waals surface area contributed by atoms with Gasteiger partial charge in [0.05, 0.1) is 9.48 Å². The first-order valence-electron chi connectivity index (χ1n) is 5.80. The lowest BCUT2D eigenvalue weighted by atomic mass is 10.3. The van der Waals surface area contributed by atoms with Crippen LogP contribution in [0.5, 0.6) is 0 Å². The molecule has 0 radical (unpaired) electrons. The van der Waals surface area contributed by atoms with Crippen LogP contribution < -0.4 is 10.5 Å². The van der Waals surface area contributed by atoms with Crippen molar-refractivity contribution in [2.24, 2.45) is 12.8 Å². The van der Waals surface area contributed by atoms with E-state index < -0.39 is 10.0 Å². The van der Waals surface area contributed by atoms with Crippen molar-refractivity contribution in [3.8, 4) is 0 Å². The number of nitrogens with one attached hydrogen (secondary N) is 1. The van der Waals surface area contributed by atoms with Gasteiger partial charge in [0.25, 0.3) is 0 Å². The zero-order valence-electron chi connectivity index (χ0n) is 11.1. The maximum atomic E-state index is 12.3. The predicted octanol–water partition coefficient (Wildman–Crippen LogP) is 1.49. The van der Waals surface area contributed by atoms with Crippen LogP contribution in [-0.4, -0.2) is 18.2 Å². The molecule has 0 spiro atoms. The second-order valence-corrected chi connectivity index (χ2v) is 8.48. The Hall–Kier alpha value is -0.740. The molecule has 0 fully saturated rings. The van der Waals surface area contributed by atoms with Crippen LogP contribution in [0.1, 0.15) is 16.1 Å². The van der Waals surface area contributed by atoms with Crippen molar-refractivity contribution in [2.45, 2.75) is 24.9 Å². The molecule has 0 saturated heterocycles.